The predicted octanol–water partition coefficient (Wildman–Crippen LogP) is 3.83. The molecule has 0 saturated carbocycles. The monoisotopic (exact) mass is 348 g/mol. The largest absolute Gasteiger partial charge is 0.374 e. The number of benzene rings is 1. The Kier molecular flexibility index (Phi) is 8.52. The van der Waals surface area contributed by atoms with Crippen molar-refractivity contribution in [2.24, 2.45) is 5.10 Å². The molecule has 1 atom stereocenters. The predicted molar refractivity (Wildman–Crippen MR) is 95.9 cm³/mol. The van der Waals surface area contributed by atoms with Gasteiger partial charge in [0.1, 0.15) is 5.69 Å². The third kappa shape index (κ3) is 6.92. The van der Waals surface area contributed by atoms with Crippen LogP contribution in [-0.4, -0.2) is 28.8 Å². The zero-order chi connectivity index (χ0) is 18.7. The van der Waals surface area contributed by atoms with Crippen molar-refractivity contribution in [3.8, 4) is 0 Å². The molecule has 0 aromatic heterocycles. The molecule has 1 unspecified atom stereocenters. The number of nitrogens with zero attached hydrogens (tertiary/aromatic N) is 3. The van der Waals surface area contributed by atoms with Crippen LogP contribution in [0.1, 0.15) is 20.3 Å². The van der Waals surface area contributed by atoms with Crippen LogP contribution in [0.15, 0.2) is 47.6 Å². The maximum absolute atomic E-state index is 11.0. The molecule has 0 bridgehead atoms. The Hall–Kier alpha value is -3.07. The molecule has 9 nitrogen and oxygen atoms in total. The molecule has 0 radical (unpaired) electrons. The molecular formula is C16H20N4O5. The number of hydrazone groups is 1. The van der Waals surface area contributed by atoms with Gasteiger partial charge in [-0.3, -0.25) is 25.7 Å². The van der Waals surface area contributed by atoms with Crippen molar-refractivity contribution in [2.75, 3.05) is 12.0 Å². The highest BCUT2D eigenvalue weighted by atomic mass is 16.6. The maximum atomic E-state index is 11.0. The molecule has 1 rings (SSSR count). The lowest BCUT2D eigenvalue weighted by Gasteiger charge is -2.09. The van der Waals surface area contributed by atoms with Gasteiger partial charge in [0.15, 0.2) is 0 Å². The van der Waals surface area contributed by atoms with E-state index in [9.17, 15) is 20.2 Å². The Labute approximate surface area is 145 Å². The number of rotatable bonds is 10. The first kappa shape index (κ1) is 20.0. The van der Waals surface area contributed by atoms with Crippen molar-refractivity contribution >= 4 is 23.3 Å². The number of anilines is 1. The van der Waals surface area contributed by atoms with E-state index in [-0.39, 0.29) is 17.5 Å². The van der Waals surface area contributed by atoms with Crippen LogP contribution >= 0.6 is 0 Å². The van der Waals surface area contributed by atoms with Gasteiger partial charge in [-0.1, -0.05) is 18.2 Å². The summed E-state index contributed by atoms with van der Waals surface area (Å²) in [4.78, 5) is 20.3. The molecule has 0 saturated heterocycles. The fourth-order valence-electron chi connectivity index (χ4n) is 1.93. The first-order valence-corrected chi connectivity index (χ1v) is 7.61. The molecule has 0 spiro atoms. The van der Waals surface area contributed by atoms with E-state index < -0.39 is 15.5 Å². The molecule has 0 fully saturated rings. The average molecular weight is 348 g/mol. The van der Waals surface area contributed by atoms with Gasteiger partial charge in [0.05, 0.1) is 22.0 Å². The van der Waals surface area contributed by atoms with Crippen molar-refractivity contribution in [3.05, 3.63) is 62.7 Å². The number of ether oxygens (including phenoxy) is 1. The summed E-state index contributed by atoms with van der Waals surface area (Å²) in [7, 11) is 0. The van der Waals surface area contributed by atoms with Crippen molar-refractivity contribution < 1.29 is 14.6 Å². The van der Waals surface area contributed by atoms with E-state index in [0.717, 1.165) is 6.07 Å². The molecule has 0 aliphatic carbocycles. The number of nitro groups is 2. The molecule has 0 heterocycles. The van der Waals surface area contributed by atoms with Gasteiger partial charge in [-0.25, -0.2) is 0 Å². The summed E-state index contributed by atoms with van der Waals surface area (Å²) in [5.41, 5.74) is 1.81. The molecule has 0 aliphatic rings. The van der Waals surface area contributed by atoms with Gasteiger partial charge in [0.2, 0.25) is 0 Å². The minimum Gasteiger partial charge on any atom is -0.374 e. The van der Waals surface area contributed by atoms with Crippen LogP contribution in [0.25, 0.3) is 0 Å². The van der Waals surface area contributed by atoms with Crippen molar-refractivity contribution in [3.63, 3.8) is 0 Å². The molecule has 1 aromatic rings. The van der Waals surface area contributed by atoms with E-state index >= 15 is 0 Å². The molecule has 1 N–H and O–H groups in total. The van der Waals surface area contributed by atoms with Crippen molar-refractivity contribution in [1.29, 1.82) is 0 Å². The smallest absolute Gasteiger partial charge is 0.301 e. The molecule has 0 amide bonds. The summed E-state index contributed by atoms with van der Waals surface area (Å²) in [6, 6.07) is 3.30. The van der Waals surface area contributed by atoms with Crippen LogP contribution in [-0.2, 0) is 4.74 Å². The lowest BCUT2D eigenvalue weighted by Crippen LogP contribution is -2.07. The lowest BCUT2D eigenvalue weighted by molar-refractivity contribution is -0.393. The first-order chi connectivity index (χ1) is 12.0. The standard InChI is InChI=1S/C16H20N4O5/c1-3-7-14(25-4-2)8-5-6-11-17-18-15-10-9-13(19(21)22)12-16(15)20(23)24/h3,5-7,9-12,14,18H,4,8H2,1-2H3. The molecule has 134 valence electrons. The third-order valence-electron chi connectivity index (χ3n) is 3.03. The van der Waals surface area contributed by atoms with Crippen LogP contribution < -0.4 is 5.43 Å². The molecule has 0 aliphatic heterocycles. The fourth-order valence-corrected chi connectivity index (χ4v) is 1.93. The van der Waals surface area contributed by atoms with Crippen LogP contribution in [0.3, 0.4) is 0 Å². The number of nitro benzene ring substituents is 2. The number of hydrogen-bond donors (Lipinski definition) is 1. The second-order valence-electron chi connectivity index (χ2n) is 4.79. The van der Waals surface area contributed by atoms with Crippen LogP contribution in [0.2, 0.25) is 0 Å². The minimum atomic E-state index is -0.704. The van der Waals surface area contributed by atoms with Gasteiger partial charge < -0.3 is 4.74 Å². The number of allylic oxidation sites excluding steroid dienone is 2. The van der Waals surface area contributed by atoms with Gasteiger partial charge in [0.25, 0.3) is 5.69 Å². The normalized spacial score (nSPS) is 12.9. The Morgan fingerprint density at radius 2 is 2.08 bits per heavy atom. The number of nitrogens with one attached hydrogen (secondary N) is 1. The topological polar surface area (TPSA) is 120 Å². The van der Waals surface area contributed by atoms with Crippen LogP contribution in [0, 0.1) is 20.2 Å². The fraction of sp³-hybridized carbons (Fsp3) is 0.312. The molecule has 25 heavy (non-hydrogen) atoms. The van der Waals surface area contributed by atoms with E-state index in [0.29, 0.717) is 13.0 Å². The second kappa shape index (κ2) is 10.7. The number of hydrogen-bond acceptors (Lipinski definition) is 7. The third-order valence-corrected chi connectivity index (χ3v) is 3.03. The van der Waals surface area contributed by atoms with E-state index in [4.69, 9.17) is 4.74 Å². The summed E-state index contributed by atoms with van der Waals surface area (Å²) < 4.78 is 5.50. The van der Waals surface area contributed by atoms with Gasteiger partial charge in [-0.05, 0) is 32.4 Å². The van der Waals surface area contributed by atoms with E-state index in [1.165, 1.54) is 18.3 Å². The quantitative estimate of drug-likeness (QED) is 0.297. The summed E-state index contributed by atoms with van der Waals surface area (Å²) in [5.74, 6) is 0. The van der Waals surface area contributed by atoms with Gasteiger partial charge in [-0.2, -0.15) is 5.10 Å². The highest BCUT2D eigenvalue weighted by Crippen LogP contribution is 2.28. The second-order valence-corrected chi connectivity index (χ2v) is 4.79. The molecular weight excluding hydrogens is 328 g/mol. The van der Waals surface area contributed by atoms with Crippen molar-refractivity contribution in [2.45, 2.75) is 26.4 Å². The molecule has 1 aromatic carbocycles. The summed E-state index contributed by atoms with van der Waals surface area (Å²) in [6.45, 7) is 4.45. The van der Waals surface area contributed by atoms with E-state index in [1.54, 1.807) is 6.08 Å². The minimum absolute atomic E-state index is 0.0108. The highest BCUT2D eigenvalue weighted by molar-refractivity contribution is 5.73. The van der Waals surface area contributed by atoms with Gasteiger partial charge in [0, 0.05) is 18.9 Å². The highest BCUT2D eigenvalue weighted by Gasteiger charge is 2.18. The van der Waals surface area contributed by atoms with Crippen LogP contribution in [0.5, 0.6) is 0 Å². The van der Waals surface area contributed by atoms with E-state index in [1.807, 2.05) is 32.1 Å². The lowest BCUT2D eigenvalue weighted by atomic mass is 10.2. The Morgan fingerprint density at radius 1 is 1.32 bits per heavy atom. The first-order valence-electron chi connectivity index (χ1n) is 7.61. The average Bonchev–Trinajstić information content (AvgIpc) is 2.58. The van der Waals surface area contributed by atoms with Crippen molar-refractivity contribution in [1.82, 2.24) is 0 Å². The maximum Gasteiger partial charge on any atom is 0.301 e. The Morgan fingerprint density at radius 3 is 2.68 bits per heavy atom. The van der Waals surface area contributed by atoms with E-state index in [2.05, 4.69) is 10.5 Å². The summed E-state index contributed by atoms with van der Waals surface area (Å²) in [6.07, 6.45) is 9.49. The summed E-state index contributed by atoms with van der Waals surface area (Å²) in [5, 5.41) is 25.5. The zero-order valence-corrected chi connectivity index (χ0v) is 14.0. The number of non-ortho nitro benzene ring substituents is 1. The zero-order valence-electron chi connectivity index (χ0n) is 14.0. The SMILES string of the molecule is CC=CC(CC=CC=NNc1ccc([N+](=O)[O-])cc1[N+](=O)[O-])OCC. The van der Waals surface area contributed by atoms with Crippen LogP contribution in [0.4, 0.5) is 17.1 Å². The summed E-state index contributed by atoms with van der Waals surface area (Å²) >= 11 is 0. The van der Waals surface area contributed by atoms with Gasteiger partial charge in [-0.15, -0.1) is 0 Å². The van der Waals surface area contributed by atoms with Gasteiger partial charge >= 0.3 is 5.69 Å². The Balaban J connectivity index is 2.68. The molecule has 9 heteroatoms. The Bertz CT molecular complexity index is 685.